The van der Waals surface area contributed by atoms with Gasteiger partial charge in [0.05, 0.1) is 13.2 Å². The molecule has 0 fully saturated rings. The van der Waals surface area contributed by atoms with Crippen LogP contribution >= 0.6 is 0 Å². The predicted octanol–water partition coefficient (Wildman–Crippen LogP) is 2.43. The number of methoxy groups -OCH3 is 1. The maximum Gasteiger partial charge on any atom is 0.124 e. The van der Waals surface area contributed by atoms with Crippen LogP contribution < -0.4 is 10.1 Å². The quantitative estimate of drug-likeness (QED) is 0.845. The van der Waals surface area contributed by atoms with Crippen molar-refractivity contribution in [1.82, 2.24) is 5.32 Å². The lowest BCUT2D eigenvalue weighted by Crippen LogP contribution is -2.38. The number of hydrogen-bond acceptors (Lipinski definition) is 3. The summed E-state index contributed by atoms with van der Waals surface area (Å²) in [6.07, 6.45) is -0.552. The summed E-state index contributed by atoms with van der Waals surface area (Å²) in [6, 6.07) is 5.84. The van der Waals surface area contributed by atoms with Gasteiger partial charge in [0.15, 0.2) is 0 Å². The first-order chi connectivity index (χ1) is 7.83. The normalized spacial score (nSPS) is 13.5. The smallest absolute Gasteiger partial charge is 0.124 e. The topological polar surface area (TPSA) is 41.5 Å². The molecule has 2 N–H and O–H groups in total. The fourth-order valence-corrected chi connectivity index (χ4v) is 1.63. The van der Waals surface area contributed by atoms with Gasteiger partial charge in [0.2, 0.25) is 0 Å². The largest absolute Gasteiger partial charge is 0.496 e. The molecular formula is C14H23NO2. The number of β-amino-alcohol motifs (C(OH)–C–C–N with tert-alkyl or cyclic N) is 1. The third-order valence-corrected chi connectivity index (χ3v) is 2.57. The van der Waals surface area contributed by atoms with E-state index in [0.29, 0.717) is 6.54 Å². The van der Waals surface area contributed by atoms with Crippen LogP contribution in [0.1, 0.15) is 38.0 Å². The van der Waals surface area contributed by atoms with Crippen molar-refractivity contribution in [2.45, 2.75) is 39.3 Å². The highest BCUT2D eigenvalue weighted by Gasteiger charge is 2.16. The molecule has 3 nitrogen and oxygen atoms in total. The number of aliphatic hydroxyl groups excluding tert-OH is 1. The van der Waals surface area contributed by atoms with Crippen molar-refractivity contribution in [3.05, 3.63) is 29.3 Å². The number of aryl methyl sites for hydroxylation is 1. The lowest BCUT2D eigenvalue weighted by molar-refractivity contribution is 0.159. The molecule has 0 bridgehead atoms. The molecule has 0 saturated carbocycles. The van der Waals surface area contributed by atoms with E-state index in [9.17, 15) is 5.11 Å². The first-order valence-electron chi connectivity index (χ1n) is 5.91. The first kappa shape index (κ1) is 14.0. The molecule has 0 amide bonds. The molecule has 1 atom stereocenters. The van der Waals surface area contributed by atoms with Gasteiger partial charge >= 0.3 is 0 Å². The second kappa shape index (κ2) is 5.52. The molecule has 0 spiro atoms. The van der Waals surface area contributed by atoms with Gasteiger partial charge in [-0.1, -0.05) is 11.6 Å². The van der Waals surface area contributed by atoms with Crippen molar-refractivity contribution in [1.29, 1.82) is 0 Å². The van der Waals surface area contributed by atoms with Crippen molar-refractivity contribution < 1.29 is 9.84 Å². The van der Waals surface area contributed by atoms with Crippen molar-refractivity contribution >= 4 is 0 Å². The molecule has 0 radical (unpaired) electrons. The number of ether oxygens (including phenoxy) is 1. The molecule has 1 aromatic rings. The summed E-state index contributed by atoms with van der Waals surface area (Å²) < 4.78 is 5.27. The number of benzene rings is 1. The molecule has 0 aromatic heterocycles. The Morgan fingerprint density at radius 2 is 2.00 bits per heavy atom. The Bertz CT molecular complexity index is 369. The Hall–Kier alpha value is -1.06. The van der Waals surface area contributed by atoms with Crippen LogP contribution in [-0.4, -0.2) is 24.3 Å². The Labute approximate surface area is 104 Å². The highest BCUT2D eigenvalue weighted by molar-refractivity contribution is 5.38. The van der Waals surface area contributed by atoms with Crippen molar-refractivity contribution in [3.8, 4) is 5.75 Å². The van der Waals surface area contributed by atoms with Gasteiger partial charge in [-0.25, -0.2) is 0 Å². The Kier molecular flexibility index (Phi) is 4.54. The van der Waals surface area contributed by atoms with Gasteiger partial charge in [0.1, 0.15) is 5.75 Å². The second-order valence-corrected chi connectivity index (χ2v) is 5.39. The van der Waals surface area contributed by atoms with E-state index in [4.69, 9.17) is 4.74 Å². The molecule has 1 rings (SSSR count). The average molecular weight is 237 g/mol. The van der Waals surface area contributed by atoms with E-state index in [1.54, 1.807) is 7.11 Å². The van der Waals surface area contributed by atoms with Crippen LogP contribution in [0.3, 0.4) is 0 Å². The van der Waals surface area contributed by atoms with E-state index in [1.807, 2.05) is 25.1 Å². The summed E-state index contributed by atoms with van der Waals surface area (Å²) >= 11 is 0. The summed E-state index contributed by atoms with van der Waals surface area (Å²) in [7, 11) is 1.62. The standard InChI is InChI=1S/C14H23NO2/c1-10-6-7-13(17-5)11(8-10)12(16)9-15-14(2,3)4/h6-8,12,15-16H,9H2,1-5H3. The van der Waals surface area contributed by atoms with E-state index < -0.39 is 6.10 Å². The van der Waals surface area contributed by atoms with Gasteiger partial charge in [0.25, 0.3) is 0 Å². The maximum absolute atomic E-state index is 10.2. The molecule has 3 heteroatoms. The third-order valence-electron chi connectivity index (χ3n) is 2.57. The Balaban J connectivity index is 2.80. The molecule has 0 aliphatic heterocycles. The molecule has 0 heterocycles. The van der Waals surface area contributed by atoms with Gasteiger partial charge in [-0.2, -0.15) is 0 Å². The van der Waals surface area contributed by atoms with Crippen LogP contribution in [0.5, 0.6) is 5.75 Å². The number of aliphatic hydroxyl groups is 1. The minimum absolute atomic E-state index is 0.00194. The Morgan fingerprint density at radius 1 is 1.35 bits per heavy atom. The molecular weight excluding hydrogens is 214 g/mol. The van der Waals surface area contributed by atoms with Gasteiger partial charge in [-0.3, -0.25) is 0 Å². The minimum atomic E-state index is -0.552. The fraction of sp³-hybridized carbons (Fsp3) is 0.571. The van der Waals surface area contributed by atoms with Crippen LogP contribution in [-0.2, 0) is 0 Å². The molecule has 96 valence electrons. The number of rotatable bonds is 4. The zero-order valence-corrected chi connectivity index (χ0v) is 11.4. The van der Waals surface area contributed by atoms with Crippen molar-refractivity contribution in [2.75, 3.05) is 13.7 Å². The number of hydrogen-bond donors (Lipinski definition) is 2. The van der Waals surface area contributed by atoms with Gasteiger partial charge in [-0.15, -0.1) is 0 Å². The van der Waals surface area contributed by atoms with Crippen LogP contribution in [0.2, 0.25) is 0 Å². The van der Waals surface area contributed by atoms with Crippen LogP contribution in [0, 0.1) is 6.92 Å². The fourth-order valence-electron chi connectivity index (χ4n) is 1.63. The average Bonchev–Trinajstić information content (AvgIpc) is 2.25. The van der Waals surface area contributed by atoms with Gasteiger partial charge < -0.3 is 15.2 Å². The minimum Gasteiger partial charge on any atom is -0.496 e. The lowest BCUT2D eigenvalue weighted by Gasteiger charge is -2.24. The predicted molar refractivity (Wildman–Crippen MR) is 70.4 cm³/mol. The van der Waals surface area contributed by atoms with E-state index >= 15 is 0 Å². The Morgan fingerprint density at radius 3 is 2.53 bits per heavy atom. The zero-order chi connectivity index (χ0) is 13.1. The SMILES string of the molecule is COc1ccc(C)cc1C(O)CNC(C)(C)C. The van der Waals surface area contributed by atoms with Crippen molar-refractivity contribution in [3.63, 3.8) is 0 Å². The van der Waals surface area contributed by atoms with Crippen LogP contribution in [0.25, 0.3) is 0 Å². The molecule has 1 unspecified atom stereocenters. The summed E-state index contributed by atoms with van der Waals surface area (Å²) in [5.74, 6) is 0.735. The first-order valence-corrected chi connectivity index (χ1v) is 5.91. The van der Waals surface area contributed by atoms with Gasteiger partial charge in [-0.05, 0) is 39.8 Å². The summed E-state index contributed by atoms with van der Waals surface area (Å²) in [5.41, 5.74) is 1.96. The highest BCUT2D eigenvalue weighted by Crippen LogP contribution is 2.26. The van der Waals surface area contributed by atoms with E-state index in [0.717, 1.165) is 16.9 Å². The third kappa shape index (κ3) is 4.36. The zero-order valence-electron chi connectivity index (χ0n) is 11.4. The van der Waals surface area contributed by atoms with E-state index in [2.05, 4.69) is 26.1 Å². The van der Waals surface area contributed by atoms with Gasteiger partial charge in [0, 0.05) is 17.6 Å². The molecule has 0 aliphatic carbocycles. The highest BCUT2D eigenvalue weighted by atomic mass is 16.5. The van der Waals surface area contributed by atoms with Crippen LogP contribution in [0.15, 0.2) is 18.2 Å². The monoisotopic (exact) mass is 237 g/mol. The molecule has 17 heavy (non-hydrogen) atoms. The molecule has 0 saturated heterocycles. The second-order valence-electron chi connectivity index (χ2n) is 5.39. The number of nitrogens with one attached hydrogen (secondary N) is 1. The summed E-state index contributed by atoms with van der Waals surface area (Å²) in [6.45, 7) is 8.75. The maximum atomic E-state index is 10.2. The lowest BCUT2D eigenvalue weighted by atomic mass is 10.0. The summed E-state index contributed by atoms with van der Waals surface area (Å²) in [5, 5.41) is 13.5. The van der Waals surface area contributed by atoms with E-state index in [-0.39, 0.29) is 5.54 Å². The van der Waals surface area contributed by atoms with Crippen molar-refractivity contribution in [2.24, 2.45) is 0 Å². The molecule has 0 aliphatic rings. The van der Waals surface area contributed by atoms with E-state index in [1.165, 1.54) is 0 Å². The summed E-state index contributed by atoms with van der Waals surface area (Å²) in [4.78, 5) is 0. The molecule has 1 aromatic carbocycles. The van der Waals surface area contributed by atoms with Crippen LogP contribution in [0.4, 0.5) is 0 Å².